The fraction of sp³-hybridized carbons (Fsp3) is 0.400. The number of aryl methyl sites for hydroxylation is 1. The molecule has 3 aliphatic carbocycles. The maximum atomic E-state index is 14.4. The summed E-state index contributed by atoms with van der Waals surface area (Å²) in [6.07, 6.45) is 3.56. The van der Waals surface area contributed by atoms with Crippen molar-refractivity contribution >= 4 is 5.78 Å². The summed E-state index contributed by atoms with van der Waals surface area (Å²) >= 11 is 0. The summed E-state index contributed by atoms with van der Waals surface area (Å²) in [5.74, 6) is 0.0561. The highest BCUT2D eigenvalue weighted by atomic mass is 16.3. The Labute approximate surface area is 222 Å². The number of carbonyl (C=O) groups excluding carboxylic acids is 1. The van der Waals surface area contributed by atoms with Crippen LogP contribution in [0.1, 0.15) is 82.8 Å². The van der Waals surface area contributed by atoms with Crippen LogP contribution in [0.3, 0.4) is 0 Å². The van der Waals surface area contributed by atoms with Crippen molar-refractivity contribution in [2.75, 3.05) is 0 Å². The Morgan fingerprint density at radius 3 is 2.27 bits per heavy atom. The average molecular weight is 493 g/mol. The molecule has 0 unspecified atom stereocenters. The van der Waals surface area contributed by atoms with Gasteiger partial charge in [0.2, 0.25) is 0 Å². The van der Waals surface area contributed by atoms with Crippen molar-refractivity contribution in [3.05, 3.63) is 99.7 Å². The lowest BCUT2D eigenvalue weighted by Gasteiger charge is -2.61. The van der Waals surface area contributed by atoms with Crippen LogP contribution in [0.2, 0.25) is 0 Å². The van der Waals surface area contributed by atoms with Crippen molar-refractivity contribution in [1.82, 2.24) is 0 Å². The number of fused-ring (bicyclic) bond motifs is 3. The summed E-state index contributed by atoms with van der Waals surface area (Å²) in [6, 6.07) is 12.3. The van der Waals surface area contributed by atoms with Crippen molar-refractivity contribution in [3.63, 3.8) is 0 Å². The topological polar surface area (TPSA) is 37.3 Å². The van der Waals surface area contributed by atoms with E-state index in [0.29, 0.717) is 5.56 Å². The van der Waals surface area contributed by atoms with Gasteiger partial charge >= 0.3 is 0 Å². The SMILES string of the molecule is C=C(C)C1=C(C)C[C@@]2(C)C[C@@]3(C)Cc4c(-c5ccc(CC)cc5)ccc(O)c4C(=O)C3=C(C)[C@@]2(C)C1=C. The number of allylic oxidation sites excluding steroid dienone is 6. The molecule has 0 bridgehead atoms. The zero-order valence-corrected chi connectivity index (χ0v) is 23.6. The van der Waals surface area contributed by atoms with Gasteiger partial charge in [0.15, 0.2) is 5.78 Å². The highest BCUT2D eigenvalue weighted by molar-refractivity contribution is 6.15. The molecule has 0 heterocycles. The fourth-order valence-electron chi connectivity index (χ4n) is 8.29. The van der Waals surface area contributed by atoms with E-state index in [1.807, 2.05) is 6.07 Å². The lowest BCUT2D eigenvalue weighted by atomic mass is 9.42. The number of hydrogen-bond donors (Lipinski definition) is 1. The van der Waals surface area contributed by atoms with Gasteiger partial charge in [-0.3, -0.25) is 4.79 Å². The molecule has 2 aromatic carbocycles. The number of hydrogen-bond acceptors (Lipinski definition) is 2. The van der Waals surface area contributed by atoms with Crippen LogP contribution in [0.5, 0.6) is 5.75 Å². The Bertz CT molecular complexity index is 1450. The minimum absolute atomic E-state index is 0.0231. The van der Waals surface area contributed by atoms with Gasteiger partial charge in [-0.15, -0.1) is 0 Å². The Balaban J connectivity index is 1.74. The van der Waals surface area contributed by atoms with Crippen molar-refractivity contribution < 1.29 is 9.90 Å². The Hall–Kier alpha value is -3.13. The molecule has 5 rings (SSSR count). The van der Waals surface area contributed by atoms with Crippen LogP contribution >= 0.6 is 0 Å². The molecule has 3 aliphatic rings. The summed E-state index contributed by atoms with van der Waals surface area (Å²) in [5, 5.41) is 11.0. The van der Waals surface area contributed by atoms with E-state index in [1.54, 1.807) is 6.07 Å². The quantitative estimate of drug-likeness (QED) is 0.464. The Kier molecular flexibility index (Phi) is 5.64. The molecule has 0 aromatic heterocycles. The molecule has 0 amide bonds. The summed E-state index contributed by atoms with van der Waals surface area (Å²) in [7, 11) is 0. The zero-order valence-electron chi connectivity index (χ0n) is 23.6. The molecule has 0 spiro atoms. The summed E-state index contributed by atoms with van der Waals surface area (Å²) in [5.41, 5.74) is 10.7. The number of ketones is 1. The van der Waals surface area contributed by atoms with Gasteiger partial charge in [-0.05, 0) is 91.3 Å². The van der Waals surface area contributed by atoms with Crippen LogP contribution in [0.25, 0.3) is 11.1 Å². The number of benzene rings is 2. The number of carbonyl (C=O) groups is 1. The Morgan fingerprint density at radius 2 is 1.68 bits per heavy atom. The predicted octanol–water partition coefficient (Wildman–Crippen LogP) is 8.95. The largest absolute Gasteiger partial charge is 0.507 e. The van der Waals surface area contributed by atoms with E-state index in [2.05, 4.69) is 85.9 Å². The van der Waals surface area contributed by atoms with Gasteiger partial charge in [0.05, 0.1) is 5.56 Å². The first-order chi connectivity index (χ1) is 17.3. The molecular formula is C35H40O2. The summed E-state index contributed by atoms with van der Waals surface area (Å²) in [6.45, 7) is 24.4. The van der Waals surface area contributed by atoms with E-state index in [1.165, 1.54) is 16.7 Å². The summed E-state index contributed by atoms with van der Waals surface area (Å²) < 4.78 is 0. The molecule has 2 nitrogen and oxygen atoms in total. The lowest BCUT2D eigenvalue weighted by molar-refractivity contribution is 0.0463. The highest BCUT2D eigenvalue weighted by Crippen LogP contribution is 2.69. The minimum Gasteiger partial charge on any atom is -0.507 e. The minimum atomic E-state index is -0.355. The first-order valence-corrected chi connectivity index (χ1v) is 13.5. The molecule has 0 saturated heterocycles. The Morgan fingerprint density at radius 1 is 1.03 bits per heavy atom. The smallest absolute Gasteiger partial charge is 0.193 e. The van der Waals surface area contributed by atoms with Crippen LogP contribution in [0, 0.1) is 16.2 Å². The van der Waals surface area contributed by atoms with Crippen LogP contribution in [0.4, 0.5) is 0 Å². The third kappa shape index (κ3) is 3.34. The second-order valence-corrected chi connectivity index (χ2v) is 12.6. The first-order valence-electron chi connectivity index (χ1n) is 13.5. The molecule has 3 atom stereocenters. The van der Waals surface area contributed by atoms with Gasteiger partial charge in [0.1, 0.15) is 5.75 Å². The number of phenols is 1. The third-order valence-corrected chi connectivity index (χ3v) is 10.1. The first kappa shape index (κ1) is 25.5. The second kappa shape index (κ2) is 8.18. The molecule has 1 N–H and O–H groups in total. The fourth-order valence-corrected chi connectivity index (χ4v) is 8.29. The van der Waals surface area contributed by atoms with Crippen molar-refractivity contribution in [3.8, 4) is 16.9 Å². The monoisotopic (exact) mass is 492 g/mol. The molecule has 0 aliphatic heterocycles. The van der Waals surface area contributed by atoms with Gasteiger partial charge in [0.25, 0.3) is 0 Å². The predicted molar refractivity (Wildman–Crippen MR) is 154 cm³/mol. The van der Waals surface area contributed by atoms with Crippen LogP contribution < -0.4 is 0 Å². The van der Waals surface area contributed by atoms with E-state index in [4.69, 9.17) is 0 Å². The van der Waals surface area contributed by atoms with Crippen LogP contribution in [-0.2, 0) is 12.8 Å². The third-order valence-electron chi connectivity index (χ3n) is 10.1. The number of phenolic OH excluding ortho intramolecular Hbond substituents is 1. The van der Waals surface area contributed by atoms with Crippen molar-refractivity contribution in [2.45, 2.75) is 74.1 Å². The highest BCUT2D eigenvalue weighted by Gasteiger charge is 2.60. The van der Waals surface area contributed by atoms with Crippen molar-refractivity contribution in [2.24, 2.45) is 16.2 Å². The van der Waals surface area contributed by atoms with Crippen LogP contribution in [-0.4, -0.2) is 10.9 Å². The molecule has 0 radical (unpaired) electrons. The van der Waals surface area contributed by atoms with E-state index >= 15 is 0 Å². The van der Waals surface area contributed by atoms with E-state index in [0.717, 1.165) is 64.7 Å². The van der Waals surface area contributed by atoms with Gasteiger partial charge in [-0.25, -0.2) is 0 Å². The molecule has 0 saturated carbocycles. The molecule has 37 heavy (non-hydrogen) atoms. The molecule has 2 heteroatoms. The molecule has 2 aromatic rings. The van der Waals surface area contributed by atoms with Gasteiger partial charge in [0, 0.05) is 16.4 Å². The van der Waals surface area contributed by atoms with E-state index < -0.39 is 0 Å². The normalized spacial score (nSPS) is 29.2. The second-order valence-electron chi connectivity index (χ2n) is 12.6. The molecule has 0 fully saturated rings. The maximum Gasteiger partial charge on any atom is 0.193 e. The molecule has 192 valence electrons. The zero-order chi connectivity index (χ0) is 27.1. The van der Waals surface area contributed by atoms with Gasteiger partial charge < -0.3 is 5.11 Å². The number of Topliss-reactive ketones (excluding diaryl/α,β-unsaturated/α-hetero) is 1. The van der Waals surface area contributed by atoms with Gasteiger partial charge in [-0.1, -0.05) is 87.9 Å². The van der Waals surface area contributed by atoms with Crippen molar-refractivity contribution in [1.29, 1.82) is 0 Å². The standard InChI is InChI=1S/C35H40O2/c1-10-24-11-13-25(14-12-24)26-15-16-28(36)30-27(26)18-33(7)19-34(8)17-21(4)29(20(2)3)22(5)35(34,9)23(6)31(33)32(30)37/h11-16,36H,2,5,10,17-19H2,1,3-4,6-9H3/t33-,34+,35-/m1/s1. The number of rotatable bonds is 3. The van der Waals surface area contributed by atoms with E-state index in [9.17, 15) is 9.90 Å². The van der Waals surface area contributed by atoms with Crippen LogP contribution in [0.15, 0.2) is 83.0 Å². The maximum absolute atomic E-state index is 14.4. The van der Waals surface area contributed by atoms with Gasteiger partial charge in [-0.2, -0.15) is 0 Å². The summed E-state index contributed by atoms with van der Waals surface area (Å²) in [4.78, 5) is 14.4. The lowest BCUT2D eigenvalue weighted by Crippen LogP contribution is -2.53. The van der Waals surface area contributed by atoms with E-state index in [-0.39, 0.29) is 27.8 Å². The number of aromatic hydroxyl groups is 1. The average Bonchev–Trinajstić information content (AvgIpc) is 2.81. The molecular weight excluding hydrogens is 452 g/mol.